The van der Waals surface area contributed by atoms with Crippen molar-refractivity contribution in [3.8, 4) is 0 Å². The summed E-state index contributed by atoms with van der Waals surface area (Å²) in [6, 6.07) is 0. The molecule has 0 saturated carbocycles. The van der Waals surface area contributed by atoms with E-state index >= 15 is 0 Å². The van der Waals surface area contributed by atoms with Crippen LogP contribution in [0, 0.1) is 11.8 Å². The first kappa shape index (κ1) is 10.5. The van der Waals surface area contributed by atoms with E-state index in [2.05, 4.69) is 25.7 Å². The molecule has 1 aliphatic carbocycles. The maximum atomic E-state index is 9.39. The zero-order chi connectivity index (χ0) is 9.84. The number of aliphatic hydroxyl groups excluding tert-OH is 1. The van der Waals surface area contributed by atoms with Gasteiger partial charge in [-0.3, -0.25) is 0 Å². The predicted octanol–water partition coefficient (Wildman–Crippen LogP) is 2.92. The monoisotopic (exact) mass is 180 g/mol. The Morgan fingerprint density at radius 3 is 2.85 bits per heavy atom. The highest BCUT2D eigenvalue weighted by Crippen LogP contribution is 2.29. The van der Waals surface area contributed by atoms with E-state index in [-0.39, 0.29) is 6.10 Å². The van der Waals surface area contributed by atoms with Crippen molar-refractivity contribution in [2.75, 3.05) is 0 Å². The van der Waals surface area contributed by atoms with Gasteiger partial charge in [0.05, 0.1) is 6.10 Å². The van der Waals surface area contributed by atoms with Crippen molar-refractivity contribution in [1.29, 1.82) is 0 Å². The van der Waals surface area contributed by atoms with Crippen LogP contribution >= 0.6 is 0 Å². The van der Waals surface area contributed by atoms with Crippen molar-refractivity contribution in [3.63, 3.8) is 0 Å². The van der Waals surface area contributed by atoms with Gasteiger partial charge in [0, 0.05) is 0 Å². The quantitative estimate of drug-likeness (QED) is 0.708. The number of hydrogen-bond acceptors (Lipinski definition) is 1. The molecule has 1 aliphatic rings. The van der Waals surface area contributed by atoms with E-state index in [1.165, 1.54) is 12.0 Å². The summed E-state index contributed by atoms with van der Waals surface area (Å²) in [7, 11) is 0. The highest BCUT2D eigenvalue weighted by atomic mass is 16.3. The molecule has 1 rings (SSSR count). The second-order valence-corrected chi connectivity index (χ2v) is 4.21. The standard InChI is InChI=1S/C12H20O/c1-9-6-4-5-7-12(9)8-10(2)11(3)13/h4,6,10-13H,1,5,7-8H2,2-3H3. The molecule has 13 heavy (non-hydrogen) atoms. The fourth-order valence-corrected chi connectivity index (χ4v) is 1.77. The number of hydrogen-bond donors (Lipinski definition) is 1. The van der Waals surface area contributed by atoms with Crippen LogP contribution < -0.4 is 0 Å². The molecule has 0 aromatic rings. The SMILES string of the molecule is C=C1C=CCCC1CC(C)C(C)O. The van der Waals surface area contributed by atoms with Crippen LogP contribution in [0.25, 0.3) is 0 Å². The Balaban J connectivity index is 2.44. The van der Waals surface area contributed by atoms with Gasteiger partial charge < -0.3 is 5.11 Å². The summed E-state index contributed by atoms with van der Waals surface area (Å²) in [5.41, 5.74) is 1.23. The van der Waals surface area contributed by atoms with Gasteiger partial charge in [-0.05, 0) is 38.0 Å². The molecular weight excluding hydrogens is 160 g/mol. The van der Waals surface area contributed by atoms with Gasteiger partial charge in [-0.15, -0.1) is 0 Å². The van der Waals surface area contributed by atoms with Crippen LogP contribution in [-0.4, -0.2) is 11.2 Å². The molecule has 0 aromatic carbocycles. The van der Waals surface area contributed by atoms with Gasteiger partial charge in [-0.25, -0.2) is 0 Å². The van der Waals surface area contributed by atoms with E-state index in [1.54, 1.807) is 0 Å². The first-order valence-electron chi connectivity index (χ1n) is 5.14. The number of aliphatic hydroxyl groups is 1. The zero-order valence-electron chi connectivity index (χ0n) is 8.66. The molecule has 1 N–H and O–H groups in total. The maximum absolute atomic E-state index is 9.39. The molecule has 0 fully saturated rings. The normalized spacial score (nSPS) is 27.3. The Morgan fingerprint density at radius 1 is 1.62 bits per heavy atom. The Bertz CT molecular complexity index is 203. The molecule has 0 aromatic heterocycles. The zero-order valence-corrected chi connectivity index (χ0v) is 8.66. The van der Waals surface area contributed by atoms with Crippen LogP contribution in [0.3, 0.4) is 0 Å². The molecule has 0 saturated heterocycles. The van der Waals surface area contributed by atoms with Gasteiger partial charge in [0.15, 0.2) is 0 Å². The van der Waals surface area contributed by atoms with Crippen LogP contribution in [0.4, 0.5) is 0 Å². The van der Waals surface area contributed by atoms with E-state index < -0.39 is 0 Å². The lowest BCUT2D eigenvalue weighted by atomic mass is 9.82. The van der Waals surface area contributed by atoms with E-state index in [4.69, 9.17) is 0 Å². The van der Waals surface area contributed by atoms with Crippen LogP contribution in [0.1, 0.15) is 33.1 Å². The summed E-state index contributed by atoms with van der Waals surface area (Å²) >= 11 is 0. The first-order chi connectivity index (χ1) is 6.11. The average Bonchev–Trinajstić information content (AvgIpc) is 2.08. The van der Waals surface area contributed by atoms with Crippen LogP contribution in [0.2, 0.25) is 0 Å². The highest BCUT2D eigenvalue weighted by Gasteiger charge is 2.19. The first-order valence-corrected chi connectivity index (χ1v) is 5.14. The van der Waals surface area contributed by atoms with E-state index in [0.717, 1.165) is 12.8 Å². The molecule has 0 aliphatic heterocycles. The molecular formula is C12H20O. The minimum absolute atomic E-state index is 0.196. The fraction of sp³-hybridized carbons (Fsp3) is 0.667. The second-order valence-electron chi connectivity index (χ2n) is 4.21. The summed E-state index contributed by atoms with van der Waals surface area (Å²) < 4.78 is 0. The minimum atomic E-state index is -0.196. The lowest BCUT2D eigenvalue weighted by Crippen LogP contribution is -2.18. The lowest BCUT2D eigenvalue weighted by molar-refractivity contribution is 0.121. The van der Waals surface area contributed by atoms with Gasteiger partial charge in [0.1, 0.15) is 0 Å². The molecule has 0 spiro atoms. The Labute approximate surface area is 81.2 Å². The molecule has 1 heteroatoms. The molecule has 0 bridgehead atoms. The van der Waals surface area contributed by atoms with Crippen molar-refractivity contribution in [1.82, 2.24) is 0 Å². The van der Waals surface area contributed by atoms with Crippen LogP contribution in [0.15, 0.2) is 24.3 Å². The fourth-order valence-electron chi connectivity index (χ4n) is 1.77. The van der Waals surface area contributed by atoms with Crippen LogP contribution in [0.5, 0.6) is 0 Å². The molecule has 74 valence electrons. The largest absolute Gasteiger partial charge is 0.393 e. The van der Waals surface area contributed by atoms with Crippen molar-refractivity contribution in [2.45, 2.75) is 39.2 Å². The van der Waals surface area contributed by atoms with Crippen molar-refractivity contribution < 1.29 is 5.11 Å². The third-order valence-corrected chi connectivity index (χ3v) is 3.02. The Kier molecular flexibility index (Phi) is 3.73. The van der Waals surface area contributed by atoms with E-state index in [1.807, 2.05) is 6.92 Å². The van der Waals surface area contributed by atoms with Crippen molar-refractivity contribution >= 4 is 0 Å². The van der Waals surface area contributed by atoms with Crippen molar-refractivity contribution in [2.24, 2.45) is 11.8 Å². The Hall–Kier alpha value is -0.560. The molecule has 3 unspecified atom stereocenters. The maximum Gasteiger partial charge on any atom is 0.0537 e. The molecule has 0 heterocycles. The summed E-state index contributed by atoms with van der Waals surface area (Å²) in [5, 5.41) is 9.39. The Morgan fingerprint density at radius 2 is 2.31 bits per heavy atom. The summed E-state index contributed by atoms with van der Waals surface area (Å²) in [6.07, 6.45) is 7.55. The summed E-state index contributed by atoms with van der Waals surface area (Å²) in [6.45, 7) is 8.01. The van der Waals surface area contributed by atoms with Gasteiger partial charge in [0.2, 0.25) is 0 Å². The van der Waals surface area contributed by atoms with Gasteiger partial charge in [-0.2, -0.15) is 0 Å². The number of allylic oxidation sites excluding steroid dienone is 3. The van der Waals surface area contributed by atoms with Crippen LogP contribution in [-0.2, 0) is 0 Å². The van der Waals surface area contributed by atoms with E-state index in [0.29, 0.717) is 11.8 Å². The minimum Gasteiger partial charge on any atom is -0.393 e. The average molecular weight is 180 g/mol. The van der Waals surface area contributed by atoms with Gasteiger partial charge >= 0.3 is 0 Å². The highest BCUT2D eigenvalue weighted by molar-refractivity contribution is 5.21. The lowest BCUT2D eigenvalue weighted by Gasteiger charge is -2.25. The smallest absolute Gasteiger partial charge is 0.0537 e. The summed E-state index contributed by atoms with van der Waals surface area (Å²) in [5.74, 6) is 0.975. The van der Waals surface area contributed by atoms with Crippen molar-refractivity contribution in [3.05, 3.63) is 24.3 Å². The van der Waals surface area contributed by atoms with Gasteiger partial charge in [-0.1, -0.05) is 31.2 Å². The second kappa shape index (κ2) is 4.61. The molecule has 3 atom stereocenters. The molecule has 1 nitrogen and oxygen atoms in total. The topological polar surface area (TPSA) is 20.2 Å². The molecule has 0 amide bonds. The third kappa shape index (κ3) is 3.00. The number of rotatable bonds is 3. The summed E-state index contributed by atoms with van der Waals surface area (Å²) in [4.78, 5) is 0. The molecule has 0 radical (unpaired) electrons. The third-order valence-electron chi connectivity index (χ3n) is 3.02. The van der Waals surface area contributed by atoms with E-state index in [9.17, 15) is 5.11 Å². The predicted molar refractivity (Wildman–Crippen MR) is 56.5 cm³/mol. The van der Waals surface area contributed by atoms with Gasteiger partial charge in [0.25, 0.3) is 0 Å².